The molecule has 7 nitrogen and oxygen atoms in total. The van der Waals surface area contributed by atoms with Crippen molar-refractivity contribution in [1.82, 2.24) is 19.6 Å². The molecule has 1 aliphatic heterocycles. The molecule has 40 heavy (non-hydrogen) atoms. The van der Waals surface area contributed by atoms with Gasteiger partial charge in [-0.1, -0.05) is 12.1 Å². The van der Waals surface area contributed by atoms with Gasteiger partial charge in [0.05, 0.1) is 23.8 Å². The normalized spacial score (nSPS) is 15.1. The Bertz CT molecular complexity index is 1460. The van der Waals surface area contributed by atoms with Crippen molar-refractivity contribution in [1.29, 1.82) is 0 Å². The number of ether oxygens (including phenoxy) is 1. The Labute approximate surface area is 232 Å². The van der Waals surface area contributed by atoms with E-state index in [9.17, 15) is 22.8 Å². The van der Waals surface area contributed by atoms with Crippen LogP contribution in [0.5, 0.6) is 0 Å². The van der Waals surface area contributed by atoms with Crippen LogP contribution in [0.2, 0.25) is 0 Å². The van der Waals surface area contributed by atoms with Crippen molar-refractivity contribution in [2.24, 2.45) is 7.05 Å². The summed E-state index contributed by atoms with van der Waals surface area (Å²) in [7, 11) is 1.79. The molecule has 10 heteroatoms. The predicted octanol–water partition coefficient (Wildman–Crippen LogP) is 6.52. The number of amides is 2. The maximum absolute atomic E-state index is 14.4. The number of hydrogen-bond donors (Lipinski definition) is 0. The smallest absolute Gasteiger partial charge is 0.410 e. The van der Waals surface area contributed by atoms with Gasteiger partial charge in [0.1, 0.15) is 11.4 Å². The number of carbonyl (C=O) groups is 2. The summed E-state index contributed by atoms with van der Waals surface area (Å²) in [5, 5.41) is 5.11. The van der Waals surface area contributed by atoms with Gasteiger partial charge in [-0.15, -0.1) is 0 Å². The number of benzene rings is 2. The number of carbonyl (C=O) groups excluding carboxylic acids is 2. The van der Waals surface area contributed by atoms with E-state index < -0.39 is 36.3 Å². The number of halogens is 3. The van der Waals surface area contributed by atoms with Gasteiger partial charge in [0, 0.05) is 31.6 Å². The first-order valence-electron chi connectivity index (χ1n) is 13.3. The van der Waals surface area contributed by atoms with Crippen LogP contribution < -0.4 is 0 Å². The fourth-order valence-electron chi connectivity index (χ4n) is 4.85. The first-order valence-corrected chi connectivity index (χ1v) is 13.3. The lowest BCUT2D eigenvalue weighted by atomic mass is 9.93. The average molecular weight is 557 g/mol. The number of aromatic nitrogens is 2. The number of aryl methyl sites for hydroxylation is 1. The maximum Gasteiger partial charge on any atom is 0.410 e. The molecule has 2 heterocycles. The van der Waals surface area contributed by atoms with Gasteiger partial charge in [0.2, 0.25) is 0 Å². The highest BCUT2D eigenvalue weighted by Gasteiger charge is 2.28. The Morgan fingerprint density at radius 2 is 1.88 bits per heavy atom. The van der Waals surface area contributed by atoms with Crippen LogP contribution in [-0.4, -0.2) is 69.3 Å². The average Bonchev–Trinajstić information content (AvgIpc) is 3.47. The van der Waals surface area contributed by atoms with Gasteiger partial charge < -0.3 is 14.5 Å². The van der Waals surface area contributed by atoms with Crippen LogP contribution in [0.3, 0.4) is 0 Å². The summed E-state index contributed by atoms with van der Waals surface area (Å²) in [6.45, 7) is 8.97. The van der Waals surface area contributed by atoms with Crippen LogP contribution in [-0.2, 0) is 11.8 Å². The first-order chi connectivity index (χ1) is 18.7. The van der Waals surface area contributed by atoms with Crippen LogP contribution in [0, 0.1) is 5.82 Å². The molecule has 2 aromatic carbocycles. The summed E-state index contributed by atoms with van der Waals surface area (Å²) in [6, 6.07) is 7.18. The molecule has 0 saturated carbocycles. The molecule has 1 aliphatic rings. The number of alkyl halides is 2. The van der Waals surface area contributed by atoms with Crippen molar-refractivity contribution in [3.8, 4) is 11.1 Å². The Hall–Kier alpha value is -3.82. The molecular formula is C30H35F3N4O3. The fourth-order valence-corrected chi connectivity index (χ4v) is 4.85. The lowest BCUT2D eigenvalue weighted by Gasteiger charge is -2.27. The Morgan fingerprint density at radius 1 is 1.15 bits per heavy atom. The molecule has 4 rings (SSSR count). The third kappa shape index (κ3) is 6.48. The van der Waals surface area contributed by atoms with E-state index in [0.717, 1.165) is 33.0 Å². The molecular weight excluding hydrogens is 521 g/mol. The molecule has 3 aromatic rings. The summed E-state index contributed by atoms with van der Waals surface area (Å²) in [5.41, 5.74) is 3.08. The minimum absolute atomic E-state index is 0.00118. The molecule has 0 spiro atoms. The van der Waals surface area contributed by atoms with E-state index in [4.69, 9.17) is 4.74 Å². The largest absolute Gasteiger partial charge is 0.444 e. The number of hydrogen-bond acceptors (Lipinski definition) is 4. The summed E-state index contributed by atoms with van der Waals surface area (Å²) < 4.78 is 48.3. The van der Waals surface area contributed by atoms with Crippen molar-refractivity contribution in [3.05, 3.63) is 59.0 Å². The minimum atomic E-state index is -2.73. The number of fused-ring (bicyclic) bond motifs is 1. The molecule has 0 unspecified atom stereocenters. The molecule has 0 atom stereocenters. The maximum atomic E-state index is 14.4. The summed E-state index contributed by atoms with van der Waals surface area (Å²) >= 11 is 0. The molecule has 0 N–H and O–H groups in total. The van der Waals surface area contributed by atoms with Gasteiger partial charge in [0.15, 0.2) is 0 Å². The van der Waals surface area contributed by atoms with E-state index in [-0.39, 0.29) is 11.7 Å². The third-order valence-electron chi connectivity index (χ3n) is 6.73. The molecule has 0 bridgehead atoms. The fraction of sp³-hybridized carbons (Fsp3) is 0.433. The number of rotatable bonds is 6. The molecule has 0 aliphatic carbocycles. The zero-order chi connectivity index (χ0) is 29.4. The zero-order valence-corrected chi connectivity index (χ0v) is 23.7. The topological polar surface area (TPSA) is 67.7 Å². The van der Waals surface area contributed by atoms with Gasteiger partial charge in [0.25, 0.3) is 12.3 Å². The lowest BCUT2D eigenvalue weighted by molar-refractivity contribution is 0.0299. The number of likely N-dealkylation sites (tertiary alicyclic amines) is 1. The van der Waals surface area contributed by atoms with Crippen molar-refractivity contribution < 1.29 is 27.5 Å². The van der Waals surface area contributed by atoms with Crippen molar-refractivity contribution >= 4 is 29.0 Å². The van der Waals surface area contributed by atoms with Gasteiger partial charge in [-0.25, -0.2) is 18.0 Å². The van der Waals surface area contributed by atoms with Gasteiger partial charge in [-0.05, 0) is 87.6 Å². The summed E-state index contributed by atoms with van der Waals surface area (Å²) in [6.07, 6.45) is 1.23. The SMILES string of the molecule is CC(C)N(CC(F)F)C(=O)c1cc(F)ccc1-c1cc(C=C2CCN(C(=O)OC(C)(C)C)C2)cc2c1cnn2C. The predicted molar refractivity (Wildman–Crippen MR) is 149 cm³/mol. The second kappa shape index (κ2) is 11.3. The van der Waals surface area contributed by atoms with Crippen molar-refractivity contribution in [2.75, 3.05) is 19.6 Å². The quantitative estimate of drug-likeness (QED) is 0.347. The van der Waals surface area contributed by atoms with Crippen LogP contribution >= 0.6 is 0 Å². The van der Waals surface area contributed by atoms with Crippen LogP contribution in [0.1, 0.15) is 57.0 Å². The van der Waals surface area contributed by atoms with Gasteiger partial charge >= 0.3 is 6.09 Å². The standard InChI is InChI=1S/C30H35F3N4O3/c1-18(2)37(17-27(32)33)28(38)24-14-21(31)7-8-22(24)23-12-20(13-26-25(23)15-34-35(26)6)11-19-9-10-36(16-19)29(39)40-30(3,4)5/h7-8,11-15,18,27H,9-10,16-17H2,1-6H3. The Balaban J connectivity index is 1.77. The second-order valence-electron chi connectivity index (χ2n) is 11.4. The van der Waals surface area contributed by atoms with E-state index in [2.05, 4.69) is 5.10 Å². The summed E-state index contributed by atoms with van der Waals surface area (Å²) in [4.78, 5) is 28.8. The van der Waals surface area contributed by atoms with E-state index in [1.165, 1.54) is 12.1 Å². The molecule has 214 valence electrons. The lowest BCUT2D eigenvalue weighted by Crippen LogP contribution is -2.40. The molecule has 1 aromatic heterocycles. The van der Waals surface area contributed by atoms with E-state index in [1.54, 1.807) is 36.7 Å². The van der Waals surface area contributed by atoms with Crippen molar-refractivity contribution in [3.63, 3.8) is 0 Å². The highest BCUT2D eigenvalue weighted by Crippen LogP contribution is 2.35. The van der Waals surface area contributed by atoms with E-state index >= 15 is 0 Å². The zero-order valence-electron chi connectivity index (χ0n) is 23.7. The minimum Gasteiger partial charge on any atom is -0.444 e. The Kier molecular flexibility index (Phi) is 8.28. The van der Waals surface area contributed by atoms with E-state index in [0.29, 0.717) is 30.6 Å². The molecule has 1 fully saturated rings. The van der Waals surface area contributed by atoms with Gasteiger partial charge in [-0.3, -0.25) is 9.48 Å². The third-order valence-corrected chi connectivity index (χ3v) is 6.73. The highest BCUT2D eigenvalue weighted by atomic mass is 19.3. The highest BCUT2D eigenvalue weighted by molar-refractivity contribution is 6.06. The van der Waals surface area contributed by atoms with Crippen LogP contribution in [0.15, 0.2) is 42.1 Å². The Morgan fingerprint density at radius 3 is 2.52 bits per heavy atom. The number of nitrogens with zero attached hydrogens (tertiary/aromatic N) is 4. The molecule has 1 saturated heterocycles. The van der Waals surface area contributed by atoms with Crippen LogP contribution in [0.25, 0.3) is 28.1 Å². The molecule has 0 radical (unpaired) electrons. The van der Waals surface area contributed by atoms with Gasteiger partial charge in [-0.2, -0.15) is 5.10 Å². The van der Waals surface area contributed by atoms with Crippen molar-refractivity contribution in [2.45, 2.75) is 59.1 Å². The second-order valence-corrected chi connectivity index (χ2v) is 11.4. The van der Waals surface area contributed by atoms with Crippen LogP contribution in [0.4, 0.5) is 18.0 Å². The monoisotopic (exact) mass is 556 g/mol. The van der Waals surface area contributed by atoms with E-state index in [1.807, 2.05) is 39.0 Å². The first kappa shape index (κ1) is 29.2. The summed E-state index contributed by atoms with van der Waals surface area (Å²) in [5.74, 6) is -1.31. The molecule has 2 amide bonds.